The van der Waals surface area contributed by atoms with E-state index in [1.54, 1.807) is 6.92 Å². The minimum Gasteiger partial charge on any atom is -0.473 e. The second-order valence-corrected chi connectivity index (χ2v) is 9.76. The number of anilines is 2. The molecule has 1 amide bonds. The zero-order valence-corrected chi connectivity index (χ0v) is 22.6. The number of ether oxygens (including phenoxy) is 1. The Bertz CT molecular complexity index is 1560. The van der Waals surface area contributed by atoms with Crippen LogP contribution in [0.1, 0.15) is 37.7 Å². The number of thiocarbonyl (C=S) groups is 1. The van der Waals surface area contributed by atoms with E-state index in [4.69, 9.17) is 22.2 Å². The van der Waals surface area contributed by atoms with Gasteiger partial charge in [0.25, 0.3) is 5.91 Å². The van der Waals surface area contributed by atoms with Crippen LogP contribution in [0, 0.1) is 17.1 Å². The first-order valence-corrected chi connectivity index (χ1v) is 12.4. The maximum atomic E-state index is 15.5. The molecule has 40 heavy (non-hydrogen) atoms. The Labute approximate surface area is 232 Å². The molecule has 1 fully saturated rings. The third kappa shape index (κ3) is 5.03. The van der Waals surface area contributed by atoms with Gasteiger partial charge in [-0.2, -0.15) is 23.4 Å². The molecule has 210 valence electrons. The lowest BCUT2D eigenvalue weighted by molar-refractivity contribution is -0.137. The summed E-state index contributed by atoms with van der Waals surface area (Å²) in [6.45, 7) is 4.56. The number of carbonyl (C=O) groups excluding carboxylic acids is 1. The molecule has 3 aromatic rings. The average molecular weight is 577 g/mol. The van der Waals surface area contributed by atoms with E-state index in [0.29, 0.717) is 18.3 Å². The highest BCUT2D eigenvalue weighted by molar-refractivity contribution is 7.81. The van der Waals surface area contributed by atoms with Crippen LogP contribution in [-0.2, 0) is 17.4 Å². The van der Waals surface area contributed by atoms with Crippen LogP contribution in [0.5, 0.6) is 5.88 Å². The largest absolute Gasteiger partial charge is 0.473 e. The predicted molar refractivity (Wildman–Crippen MR) is 142 cm³/mol. The highest BCUT2D eigenvalue weighted by Gasteiger charge is 2.51. The molecule has 9 nitrogen and oxygen atoms in total. The molecular weight excluding hydrogens is 552 g/mol. The Morgan fingerprint density at radius 2 is 1.93 bits per heavy atom. The fraction of sp³-hybridized carbons (Fsp3) is 0.346. The number of aryl methyl sites for hydroxylation is 1. The standard InChI is InChI=1S/C26H24F4N6O3S/c1-5-19-33-21-16(22(34-19)39-12-20(37)32-4)8-15(10-18(21)27)36-24(40)35(23(38)25(36,2)3)14-7-6-13(11-31)17(9-14)26(28,29)30/h6-10,20,32,37H,5,12H2,1-4H3. The first-order chi connectivity index (χ1) is 18.7. The number of alkyl halides is 3. The summed E-state index contributed by atoms with van der Waals surface area (Å²) in [6.07, 6.45) is -5.51. The van der Waals surface area contributed by atoms with E-state index in [1.165, 1.54) is 44.0 Å². The van der Waals surface area contributed by atoms with Crippen LogP contribution in [0.2, 0.25) is 0 Å². The number of rotatable bonds is 7. The minimum atomic E-state index is -4.85. The average Bonchev–Trinajstić information content (AvgIpc) is 3.08. The van der Waals surface area contributed by atoms with Crippen LogP contribution in [-0.4, -0.2) is 51.5 Å². The van der Waals surface area contributed by atoms with Gasteiger partial charge in [-0.05, 0) is 63.4 Å². The van der Waals surface area contributed by atoms with Gasteiger partial charge in [-0.1, -0.05) is 6.92 Å². The maximum absolute atomic E-state index is 15.5. The van der Waals surface area contributed by atoms with Crippen LogP contribution in [0.25, 0.3) is 10.9 Å². The number of benzene rings is 2. The summed E-state index contributed by atoms with van der Waals surface area (Å²) in [5.41, 5.74) is -3.42. The van der Waals surface area contributed by atoms with Gasteiger partial charge >= 0.3 is 6.18 Å². The molecule has 1 saturated heterocycles. The van der Waals surface area contributed by atoms with Crippen LogP contribution in [0.15, 0.2) is 30.3 Å². The molecule has 1 atom stereocenters. The first kappa shape index (κ1) is 29.1. The number of hydrogen-bond donors (Lipinski definition) is 2. The quantitative estimate of drug-likeness (QED) is 0.244. The van der Waals surface area contributed by atoms with Gasteiger partial charge in [0, 0.05) is 12.1 Å². The summed E-state index contributed by atoms with van der Waals surface area (Å²) in [5, 5.41) is 21.5. The van der Waals surface area contributed by atoms with E-state index in [0.717, 1.165) is 17.0 Å². The Balaban J connectivity index is 1.84. The number of nitrogens with zero attached hydrogens (tertiary/aromatic N) is 5. The number of aromatic nitrogens is 2. The first-order valence-electron chi connectivity index (χ1n) is 12.0. The van der Waals surface area contributed by atoms with Gasteiger partial charge in [0.1, 0.15) is 29.7 Å². The van der Waals surface area contributed by atoms with Crippen LogP contribution in [0.3, 0.4) is 0 Å². The van der Waals surface area contributed by atoms with Gasteiger partial charge in [0.15, 0.2) is 10.9 Å². The molecule has 0 aliphatic carbocycles. The monoisotopic (exact) mass is 576 g/mol. The van der Waals surface area contributed by atoms with Crippen molar-refractivity contribution < 1.29 is 32.2 Å². The summed E-state index contributed by atoms with van der Waals surface area (Å²) in [6, 6.07) is 6.92. The highest BCUT2D eigenvalue weighted by Crippen LogP contribution is 2.41. The fourth-order valence-corrected chi connectivity index (χ4v) is 4.81. The smallest absolute Gasteiger partial charge is 0.417 e. The number of carbonyl (C=O) groups is 1. The van der Waals surface area contributed by atoms with E-state index < -0.39 is 40.8 Å². The SMILES string of the molecule is CCc1nc(OCC(O)NC)c2cc(N3C(=S)N(c4ccc(C#N)c(C(F)(F)F)c4)C(=O)C3(C)C)cc(F)c2n1. The second kappa shape index (κ2) is 10.6. The van der Waals surface area contributed by atoms with Crippen molar-refractivity contribution >= 4 is 45.5 Å². The molecule has 4 rings (SSSR count). The van der Waals surface area contributed by atoms with Crippen LogP contribution >= 0.6 is 12.2 Å². The van der Waals surface area contributed by atoms with Crippen molar-refractivity contribution in [2.75, 3.05) is 23.5 Å². The van der Waals surface area contributed by atoms with E-state index in [9.17, 15) is 23.1 Å². The van der Waals surface area contributed by atoms with Crippen molar-refractivity contribution in [1.29, 1.82) is 5.26 Å². The number of aliphatic hydroxyl groups excluding tert-OH is 1. The number of nitrogens with one attached hydrogen (secondary N) is 1. The molecule has 2 N–H and O–H groups in total. The Morgan fingerprint density at radius 3 is 2.52 bits per heavy atom. The van der Waals surface area contributed by atoms with Crippen molar-refractivity contribution in [1.82, 2.24) is 15.3 Å². The molecule has 0 radical (unpaired) electrons. The van der Waals surface area contributed by atoms with Gasteiger partial charge < -0.3 is 14.7 Å². The molecule has 2 heterocycles. The van der Waals surface area contributed by atoms with Gasteiger partial charge in [-0.25, -0.2) is 9.37 Å². The van der Waals surface area contributed by atoms with Gasteiger partial charge in [-0.3, -0.25) is 15.0 Å². The molecule has 0 spiro atoms. The van der Waals surface area contributed by atoms with Gasteiger partial charge in [0.05, 0.1) is 28.3 Å². The van der Waals surface area contributed by atoms with E-state index in [2.05, 4.69) is 15.3 Å². The lowest BCUT2D eigenvalue weighted by Crippen LogP contribution is -2.44. The van der Waals surface area contributed by atoms with E-state index in [1.807, 2.05) is 0 Å². The van der Waals surface area contributed by atoms with E-state index >= 15 is 4.39 Å². The van der Waals surface area contributed by atoms with E-state index in [-0.39, 0.29) is 39.9 Å². The molecule has 2 aromatic carbocycles. The molecule has 1 aliphatic rings. The summed E-state index contributed by atoms with van der Waals surface area (Å²) in [7, 11) is 1.52. The number of fused-ring (bicyclic) bond motifs is 1. The molecular formula is C26H24F4N6O3S. The topological polar surface area (TPSA) is 115 Å². The lowest BCUT2D eigenvalue weighted by atomic mass is 10.0. The number of aliphatic hydroxyl groups is 1. The van der Waals surface area contributed by atoms with Crippen molar-refractivity contribution in [2.24, 2.45) is 0 Å². The zero-order chi connectivity index (χ0) is 29.6. The van der Waals surface area contributed by atoms with Crippen molar-refractivity contribution in [2.45, 2.75) is 45.1 Å². The maximum Gasteiger partial charge on any atom is 0.417 e. The van der Waals surface area contributed by atoms with Crippen molar-refractivity contribution in [3.8, 4) is 11.9 Å². The summed E-state index contributed by atoms with van der Waals surface area (Å²) in [5.74, 6) is -1.15. The number of halogens is 4. The van der Waals surface area contributed by atoms with Gasteiger partial charge in [0.2, 0.25) is 5.88 Å². The Morgan fingerprint density at radius 1 is 1.23 bits per heavy atom. The normalized spacial score (nSPS) is 16.0. The second-order valence-electron chi connectivity index (χ2n) is 9.39. The summed E-state index contributed by atoms with van der Waals surface area (Å²) in [4.78, 5) is 24.3. The Hall–Kier alpha value is -3.93. The van der Waals surface area contributed by atoms with Crippen molar-refractivity contribution in [3.05, 3.63) is 53.1 Å². The summed E-state index contributed by atoms with van der Waals surface area (Å²) < 4.78 is 62.0. The van der Waals surface area contributed by atoms with Gasteiger partial charge in [-0.15, -0.1) is 0 Å². The lowest BCUT2D eigenvalue weighted by Gasteiger charge is -2.29. The molecule has 1 unspecified atom stereocenters. The molecule has 1 aromatic heterocycles. The number of likely N-dealkylation sites (N-methyl/N-ethyl adjacent to an activating group) is 1. The molecule has 1 aliphatic heterocycles. The number of hydrogen-bond acceptors (Lipinski definition) is 8. The third-order valence-corrected chi connectivity index (χ3v) is 6.76. The Kier molecular flexibility index (Phi) is 7.68. The predicted octanol–water partition coefficient (Wildman–Crippen LogP) is 4.06. The molecule has 0 saturated carbocycles. The number of nitriles is 1. The third-order valence-electron chi connectivity index (χ3n) is 6.39. The van der Waals surface area contributed by atoms with Crippen LogP contribution < -0.4 is 19.9 Å². The highest BCUT2D eigenvalue weighted by atomic mass is 32.1. The summed E-state index contributed by atoms with van der Waals surface area (Å²) >= 11 is 5.55. The molecule has 0 bridgehead atoms. The zero-order valence-electron chi connectivity index (χ0n) is 21.8. The van der Waals surface area contributed by atoms with Crippen LogP contribution in [0.4, 0.5) is 28.9 Å². The van der Waals surface area contributed by atoms with Crippen molar-refractivity contribution in [3.63, 3.8) is 0 Å². The fourth-order valence-electron chi connectivity index (χ4n) is 4.29. The molecule has 14 heteroatoms. The number of amides is 1. The minimum absolute atomic E-state index is 0.00934.